The second-order valence-electron chi connectivity index (χ2n) is 6.74. The van der Waals surface area contributed by atoms with Gasteiger partial charge < -0.3 is 20.1 Å². The van der Waals surface area contributed by atoms with Crippen molar-refractivity contribution in [1.82, 2.24) is 5.32 Å². The van der Waals surface area contributed by atoms with Gasteiger partial charge in [-0.25, -0.2) is 0 Å². The van der Waals surface area contributed by atoms with Crippen LogP contribution < -0.4 is 20.1 Å². The van der Waals surface area contributed by atoms with Crippen LogP contribution in [0.1, 0.15) is 31.4 Å². The van der Waals surface area contributed by atoms with Crippen LogP contribution in [-0.2, 0) is 22.6 Å². The summed E-state index contributed by atoms with van der Waals surface area (Å²) in [4.78, 5) is 23.4. The second-order valence-corrected chi connectivity index (χ2v) is 6.74. The van der Waals surface area contributed by atoms with Crippen molar-refractivity contribution in [2.75, 3.05) is 11.9 Å². The van der Waals surface area contributed by atoms with Crippen molar-refractivity contribution < 1.29 is 19.1 Å². The van der Waals surface area contributed by atoms with E-state index in [1.807, 2.05) is 44.2 Å². The predicted octanol–water partition coefficient (Wildman–Crippen LogP) is 3.05. The van der Waals surface area contributed by atoms with E-state index in [4.69, 9.17) is 9.47 Å². The molecule has 0 aliphatic carbocycles. The minimum Gasteiger partial charge on any atom is -0.491 e. The molecule has 142 valence electrons. The summed E-state index contributed by atoms with van der Waals surface area (Å²) in [6.07, 6.45) is 1.28. The molecular formula is C21H24N2O4. The van der Waals surface area contributed by atoms with Gasteiger partial charge in [0, 0.05) is 18.7 Å². The van der Waals surface area contributed by atoms with Crippen LogP contribution >= 0.6 is 0 Å². The number of aryl methyl sites for hydroxylation is 1. The molecule has 0 atom stereocenters. The molecule has 2 aromatic rings. The number of fused-ring (bicyclic) bond motifs is 1. The predicted molar refractivity (Wildman–Crippen MR) is 103 cm³/mol. The first-order valence-electron chi connectivity index (χ1n) is 9.07. The van der Waals surface area contributed by atoms with Gasteiger partial charge in [0.2, 0.25) is 5.91 Å². The Morgan fingerprint density at radius 2 is 1.85 bits per heavy atom. The van der Waals surface area contributed by atoms with Crippen LogP contribution in [0.15, 0.2) is 42.5 Å². The Labute approximate surface area is 158 Å². The van der Waals surface area contributed by atoms with Gasteiger partial charge in [-0.15, -0.1) is 0 Å². The number of carbonyl (C=O) groups excluding carboxylic acids is 2. The van der Waals surface area contributed by atoms with Gasteiger partial charge in [-0.1, -0.05) is 12.1 Å². The lowest BCUT2D eigenvalue weighted by molar-refractivity contribution is -0.123. The molecule has 2 aromatic carbocycles. The molecule has 6 heteroatoms. The molecule has 3 rings (SSSR count). The summed E-state index contributed by atoms with van der Waals surface area (Å²) in [6, 6.07) is 13.1. The van der Waals surface area contributed by atoms with Gasteiger partial charge in [-0.05, 0) is 61.7 Å². The summed E-state index contributed by atoms with van der Waals surface area (Å²) >= 11 is 0. The van der Waals surface area contributed by atoms with E-state index in [9.17, 15) is 9.59 Å². The third-order valence-corrected chi connectivity index (χ3v) is 4.13. The van der Waals surface area contributed by atoms with E-state index in [2.05, 4.69) is 10.6 Å². The molecular weight excluding hydrogens is 344 g/mol. The largest absolute Gasteiger partial charge is 0.491 e. The zero-order valence-electron chi connectivity index (χ0n) is 15.6. The number of amides is 2. The molecule has 1 heterocycles. The number of ether oxygens (including phenoxy) is 2. The molecule has 0 unspecified atom stereocenters. The minimum absolute atomic E-state index is 0.0272. The lowest BCUT2D eigenvalue weighted by Gasteiger charge is -2.17. The number of carbonyl (C=O) groups is 2. The number of nitrogens with one attached hydrogen (secondary N) is 2. The van der Waals surface area contributed by atoms with Gasteiger partial charge in [-0.2, -0.15) is 0 Å². The molecule has 6 nitrogen and oxygen atoms in total. The summed E-state index contributed by atoms with van der Waals surface area (Å²) in [5, 5.41) is 5.66. The van der Waals surface area contributed by atoms with Crippen molar-refractivity contribution >= 4 is 17.5 Å². The number of hydrogen-bond donors (Lipinski definition) is 2. The fourth-order valence-corrected chi connectivity index (χ4v) is 2.81. The summed E-state index contributed by atoms with van der Waals surface area (Å²) < 4.78 is 11.2. The third kappa shape index (κ3) is 5.48. The number of rotatable bonds is 7. The lowest BCUT2D eigenvalue weighted by atomic mass is 10.0. The Morgan fingerprint density at radius 3 is 2.59 bits per heavy atom. The number of benzene rings is 2. The highest BCUT2D eigenvalue weighted by Gasteiger charge is 2.15. The highest BCUT2D eigenvalue weighted by atomic mass is 16.5. The van der Waals surface area contributed by atoms with Crippen molar-refractivity contribution in [2.24, 2.45) is 0 Å². The smallest absolute Gasteiger partial charge is 0.258 e. The van der Waals surface area contributed by atoms with Gasteiger partial charge in [-0.3, -0.25) is 9.59 Å². The maximum Gasteiger partial charge on any atom is 0.258 e. The summed E-state index contributed by atoms with van der Waals surface area (Å²) in [5.41, 5.74) is 2.83. The first kappa shape index (κ1) is 18.8. The molecule has 1 aliphatic rings. The molecule has 27 heavy (non-hydrogen) atoms. The van der Waals surface area contributed by atoms with Crippen LogP contribution in [0.3, 0.4) is 0 Å². The summed E-state index contributed by atoms with van der Waals surface area (Å²) in [7, 11) is 0. The van der Waals surface area contributed by atoms with Crippen LogP contribution in [0, 0.1) is 0 Å². The number of hydrogen-bond acceptors (Lipinski definition) is 4. The fourth-order valence-electron chi connectivity index (χ4n) is 2.81. The Morgan fingerprint density at radius 1 is 1.11 bits per heavy atom. The van der Waals surface area contributed by atoms with E-state index in [-0.39, 0.29) is 24.5 Å². The van der Waals surface area contributed by atoms with Gasteiger partial charge in [0.25, 0.3) is 5.91 Å². The molecule has 0 radical (unpaired) electrons. The molecule has 0 fully saturated rings. The van der Waals surface area contributed by atoms with E-state index >= 15 is 0 Å². The van der Waals surface area contributed by atoms with E-state index in [1.54, 1.807) is 12.1 Å². The maximum atomic E-state index is 12.0. The normalized spacial score (nSPS) is 12.9. The molecule has 0 spiro atoms. The Balaban J connectivity index is 1.45. The number of anilines is 1. The van der Waals surface area contributed by atoms with E-state index in [0.717, 1.165) is 22.6 Å². The van der Waals surface area contributed by atoms with E-state index < -0.39 is 0 Å². The van der Waals surface area contributed by atoms with Crippen molar-refractivity contribution in [3.63, 3.8) is 0 Å². The Bertz CT molecular complexity index is 815. The van der Waals surface area contributed by atoms with Crippen LogP contribution in [0.2, 0.25) is 0 Å². The lowest BCUT2D eigenvalue weighted by Crippen LogP contribution is -2.28. The third-order valence-electron chi connectivity index (χ3n) is 4.13. The van der Waals surface area contributed by atoms with Gasteiger partial charge in [0.05, 0.1) is 6.10 Å². The first-order chi connectivity index (χ1) is 13.0. The summed E-state index contributed by atoms with van der Waals surface area (Å²) in [5.74, 6) is 1.27. The van der Waals surface area contributed by atoms with Crippen LogP contribution in [0.25, 0.3) is 0 Å². The minimum atomic E-state index is -0.191. The molecule has 2 N–H and O–H groups in total. The highest BCUT2D eigenvalue weighted by molar-refractivity contribution is 5.94. The molecule has 0 aromatic heterocycles. The Hall–Kier alpha value is -3.02. The van der Waals surface area contributed by atoms with Gasteiger partial charge in [0.15, 0.2) is 6.61 Å². The summed E-state index contributed by atoms with van der Waals surface area (Å²) in [6.45, 7) is 4.33. The van der Waals surface area contributed by atoms with E-state index in [1.165, 1.54) is 0 Å². The van der Waals surface area contributed by atoms with Crippen molar-refractivity contribution in [2.45, 2.75) is 39.3 Å². The zero-order valence-corrected chi connectivity index (χ0v) is 15.6. The van der Waals surface area contributed by atoms with Crippen molar-refractivity contribution in [3.05, 3.63) is 53.6 Å². The van der Waals surface area contributed by atoms with Crippen molar-refractivity contribution in [3.8, 4) is 11.5 Å². The topological polar surface area (TPSA) is 76.7 Å². The van der Waals surface area contributed by atoms with Crippen LogP contribution in [-0.4, -0.2) is 24.5 Å². The standard InChI is InChI=1S/C21H24N2O4/c1-14(2)27-17-6-3-15(4-7-17)12-22-21(25)13-26-18-8-9-19-16(11-18)5-10-20(24)23-19/h3-4,6-9,11,14H,5,10,12-13H2,1-2H3,(H,22,25)(H,23,24). The van der Waals surface area contributed by atoms with Crippen LogP contribution in [0.4, 0.5) is 5.69 Å². The monoisotopic (exact) mass is 368 g/mol. The fraction of sp³-hybridized carbons (Fsp3) is 0.333. The molecule has 0 bridgehead atoms. The molecule has 2 amide bonds. The molecule has 0 saturated carbocycles. The average Bonchev–Trinajstić information content (AvgIpc) is 2.65. The highest BCUT2D eigenvalue weighted by Crippen LogP contribution is 2.26. The van der Waals surface area contributed by atoms with E-state index in [0.29, 0.717) is 25.1 Å². The van der Waals surface area contributed by atoms with Gasteiger partial charge >= 0.3 is 0 Å². The SMILES string of the molecule is CC(C)Oc1ccc(CNC(=O)COc2ccc3c(c2)CCC(=O)N3)cc1. The second kappa shape index (κ2) is 8.58. The average molecular weight is 368 g/mol. The zero-order chi connectivity index (χ0) is 19.2. The molecule has 1 aliphatic heterocycles. The van der Waals surface area contributed by atoms with Crippen molar-refractivity contribution in [1.29, 1.82) is 0 Å². The maximum absolute atomic E-state index is 12.0. The Kier molecular flexibility index (Phi) is 5.96. The quantitative estimate of drug-likeness (QED) is 0.788. The van der Waals surface area contributed by atoms with Gasteiger partial charge in [0.1, 0.15) is 11.5 Å². The first-order valence-corrected chi connectivity index (χ1v) is 9.07. The molecule has 0 saturated heterocycles. The van der Waals surface area contributed by atoms with Crippen LogP contribution in [0.5, 0.6) is 11.5 Å².